The number of nitrogens with two attached hydrogens (primary N) is 1. The fourth-order valence-electron chi connectivity index (χ4n) is 2.10. The molecule has 0 spiro atoms. The van der Waals surface area contributed by atoms with Crippen LogP contribution >= 0.6 is 0 Å². The van der Waals surface area contributed by atoms with E-state index in [0.717, 1.165) is 32.5 Å². The molecule has 1 atom stereocenters. The number of esters is 1. The molecule has 0 aromatic heterocycles. The summed E-state index contributed by atoms with van der Waals surface area (Å²) in [5.74, 6) is -0.306. The summed E-state index contributed by atoms with van der Waals surface area (Å²) in [7, 11) is 0. The Morgan fingerprint density at radius 1 is 1.35 bits per heavy atom. The zero-order chi connectivity index (χ0) is 12.7. The fraction of sp³-hybridized carbons (Fsp3) is 0.917. The van der Waals surface area contributed by atoms with Gasteiger partial charge >= 0.3 is 5.97 Å². The Hall–Kier alpha value is -0.650. The highest BCUT2D eigenvalue weighted by atomic mass is 16.5. The van der Waals surface area contributed by atoms with Crippen LogP contribution in [0.25, 0.3) is 0 Å². The van der Waals surface area contributed by atoms with Crippen molar-refractivity contribution in [2.45, 2.75) is 38.8 Å². The van der Waals surface area contributed by atoms with Gasteiger partial charge in [-0.3, -0.25) is 4.79 Å². The van der Waals surface area contributed by atoms with Crippen molar-refractivity contribution < 1.29 is 14.3 Å². The largest absolute Gasteiger partial charge is 0.465 e. The van der Waals surface area contributed by atoms with E-state index in [1.165, 1.54) is 0 Å². The lowest BCUT2D eigenvalue weighted by atomic mass is 10.1. The average molecular weight is 244 g/mol. The third kappa shape index (κ3) is 5.02. The summed E-state index contributed by atoms with van der Waals surface area (Å²) in [6.45, 7) is 7.43. The van der Waals surface area contributed by atoms with Gasteiger partial charge in [0, 0.05) is 26.2 Å². The number of nitrogens with zero attached hydrogens (tertiary/aromatic N) is 1. The van der Waals surface area contributed by atoms with Crippen molar-refractivity contribution in [1.82, 2.24) is 4.90 Å². The molecule has 0 aromatic rings. The summed E-state index contributed by atoms with van der Waals surface area (Å²) >= 11 is 0. The number of hydrogen-bond donors (Lipinski definition) is 1. The van der Waals surface area contributed by atoms with Gasteiger partial charge in [-0.15, -0.1) is 0 Å². The molecule has 0 aliphatic carbocycles. The standard InChI is InChI=1S/C12H24N2O3/c1-3-16-10-5-7-14(8-6-10)9-11(13)12(15)17-4-2/h10-11H,3-9,13H2,1-2H3. The molecule has 1 unspecified atom stereocenters. The minimum absolute atomic E-state index is 0.306. The predicted molar refractivity (Wildman–Crippen MR) is 65.7 cm³/mol. The Balaban J connectivity index is 2.23. The summed E-state index contributed by atoms with van der Waals surface area (Å²) in [5.41, 5.74) is 5.78. The maximum absolute atomic E-state index is 11.4. The highest BCUT2D eigenvalue weighted by molar-refractivity contribution is 5.75. The Labute approximate surface area is 103 Å². The van der Waals surface area contributed by atoms with Crippen LogP contribution in [-0.2, 0) is 14.3 Å². The normalized spacial score (nSPS) is 20.2. The Bertz CT molecular complexity index is 228. The predicted octanol–water partition coefficient (Wildman–Crippen LogP) is 0.378. The number of carbonyl (C=O) groups excluding carboxylic acids is 1. The lowest BCUT2D eigenvalue weighted by Gasteiger charge is -2.32. The van der Waals surface area contributed by atoms with Gasteiger partial charge in [0.2, 0.25) is 0 Å². The van der Waals surface area contributed by atoms with Crippen LogP contribution < -0.4 is 5.73 Å². The maximum atomic E-state index is 11.4. The highest BCUT2D eigenvalue weighted by Gasteiger charge is 2.23. The van der Waals surface area contributed by atoms with E-state index in [4.69, 9.17) is 15.2 Å². The molecule has 2 N–H and O–H groups in total. The summed E-state index contributed by atoms with van der Waals surface area (Å²) in [6, 6.07) is -0.529. The molecule has 17 heavy (non-hydrogen) atoms. The van der Waals surface area contributed by atoms with Crippen LogP contribution in [0.4, 0.5) is 0 Å². The SMILES string of the molecule is CCOC(=O)C(N)CN1CCC(OCC)CC1. The third-order valence-electron chi connectivity index (χ3n) is 2.98. The first kappa shape index (κ1) is 14.4. The van der Waals surface area contributed by atoms with E-state index in [1.807, 2.05) is 6.92 Å². The van der Waals surface area contributed by atoms with E-state index in [9.17, 15) is 4.79 Å². The van der Waals surface area contributed by atoms with E-state index in [2.05, 4.69) is 4.90 Å². The minimum Gasteiger partial charge on any atom is -0.465 e. The van der Waals surface area contributed by atoms with Crippen molar-refractivity contribution in [3.8, 4) is 0 Å². The smallest absolute Gasteiger partial charge is 0.324 e. The number of carbonyl (C=O) groups is 1. The molecular formula is C12H24N2O3. The molecule has 1 saturated heterocycles. The van der Waals surface area contributed by atoms with Crippen LogP contribution in [-0.4, -0.2) is 55.9 Å². The molecule has 1 aliphatic heterocycles. The molecule has 0 bridgehead atoms. The van der Waals surface area contributed by atoms with Gasteiger partial charge in [-0.25, -0.2) is 0 Å². The van der Waals surface area contributed by atoms with Crippen molar-refractivity contribution in [3.05, 3.63) is 0 Å². The minimum atomic E-state index is -0.529. The van der Waals surface area contributed by atoms with Gasteiger partial charge < -0.3 is 20.1 Å². The Morgan fingerprint density at radius 2 is 2.00 bits per heavy atom. The Morgan fingerprint density at radius 3 is 2.53 bits per heavy atom. The second-order valence-electron chi connectivity index (χ2n) is 4.31. The van der Waals surface area contributed by atoms with E-state index in [1.54, 1.807) is 6.92 Å². The van der Waals surface area contributed by atoms with Crippen molar-refractivity contribution >= 4 is 5.97 Å². The zero-order valence-corrected chi connectivity index (χ0v) is 10.9. The van der Waals surface area contributed by atoms with Crippen molar-refractivity contribution in [2.24, 2.45) is 5.73 Å². The number of rotatable bonds is 6. The number of likely N-dealkylation sites (tertiary alicyclic amines) is 1. The Kier molecular flexibility index (Phi) is 6.47. The van der Waals surface area contributed by atoms with Crippen molar-refractivity contribution in [3.63, 3.8) is 0 Å². The van der Waals surface area contributed by atoms with E-state index in [-0.39, 0.29) is 5.97 Å². The number of hydrogen-bond acceptors (Lipinski definition) is 5. The first-order valence-electron chi connectivity index (χ1n) is 6.43. The van der Waals surface area contributed by atoms with Crippen LogP contribution in [0.2, 0.25) is 0 Å². The molecule has 100 valence electrons. The molecule has 5 heteroatoms. The van der Waals surface area contributed by atoms with Gasteiger partial charge in [0.05, 0.1) is 12.7 Å². The molecule has 0 aromatic carbocycles. The van der Waals surface area contributed by atoms with Gasteiger partial charge in [0.1, 0.15) is 6.04 Å². The second-order valence-corrected chi connectivity index (χ2v) is 4.31. The van der Waals surface area contributed by atoms with Crippen LogP contribution in [0.5, 0.6) is 0 Å². The first-order chi connectivity index (χ1) is 8.17. The van der Waals surface area contributed by atoms with Crippen molar-refractivity contribution in [2.75, 3.05) is 32.8 Å². The maximum Gasteiger partial charge on any atom is 0.324 e. The molecule has 0 saturated carbocycles. The molecule has 1 fully saturated rings. The molecule has 5 nitrogen and oxygen atoms in total. The van der Waals surface area contributed by atoms with Crippen LogP contribution in [0, 0.1) is 0 Å². The molecule has 1 heterocycles. The van der Waals surface area contributed by atoms with E-state index in [0.29, 0.717) is 19.3 Å². The highest BCUT2D eigenvalue weighted by Crippen LogP contribution is 2.13. The molecule has 1 rings (SSSR count). The lowest BCUT2D eigenvalue weighted by molar-refractivity contribution is -0.145. The first-order valence-corrected chi connectivity index (χ1v) is 6.43. The van der Waals surface area contributed by atoms with Gasteiger partial charge in [-0.1, -0.05) is 0 Å². The fourth-order valence-corrected chi connectivity index (χ4v) is 2.10. The average Bonchev–Trinajstić information content (AvgIpc) is 2.32. The van der Waals surface area contributed by atoms with Gasteiger partial charge in [0.25, 0.3) is 0 Å². The van der Waals surface area contributed by atoms with Crippen LogP contribution in [0.15, 0.2) is 0 Å². The number of ether oxygens (including phenoxy) is 2. The van der Waals surface area contributed by atoms with Gasteiger partial charge in [0.15, 0.2) is 0 Å². The lowest BCUT2D eigenvalue weighted by Crippen LogP contribution is -2.47. The van der Waals surface area contributed by atoms with Crippen LogP contribution in [0.3, 0.4) is 0 Å². The van der Waals surface area contributed by atoms with E-state index < -0.39 is 6.04 Å². The topological polar surface area (TPSA) is 64.8 Å². The molecule has 1 aliphatic rings. The zero-order valence-electron chi connectivity index (χ0n) is 10.9. The molecular weight excluding hydrogens is 220 g/mol. The monoisotopic (exact) mass is 244 g/mol. The van der Waals surface area contributed by atoms with Gasteiger partial charge in [-0.05, 0) is 26.7 Å². The van der Waals surface area contributed by atoms with Gasteiger partial charge in [-0.2, -0.15) is 0 Å². The summed E-state index contributed by atoms with van der Waals surface area (Å²) in [5, 5.41) is 0. The summed E-state index contributed by atoms with van der Waals surface area (Å²) < 4.78 is 10.5. The van der Waals surface area contributed by atoms with Crippen molar-refractivity contribution in [1.29, 1.82) is 0 Å². The van der Waals surface area contributed by atoms with Crippen LogP contribution in [0.1, 0.15) is 26.7 Å². The second kappa shape index (κ2) is 7.63. The number of piperidine rings is 1. The summed E-state index contributed by atoms with van der Waals surface area (Å²) in [6.07, 6.45) is 2.40. The molecule has 0 radical (unpaired) electrons. The van der Waals surface area contributed by atoms with E-state index >= 15 is 0 Å². The molecule has 0 amide bonds. The summed E-state index contributed by atoms with van der Waals surface area (Å²) in [4.78, 5) is 13.6. The quantitative estimate of drug-likeness (QED) is 0.684. The third-order valence-corrected chi connectivity index (χ3v) is 2.98.